The Morgan fingerprint density at radius 2 is 0.582 bits per heavy atom. The lowest BCUT2D eigenvalue weighted by Crippen LogP contribution is -2.28. The van der Waals surface area contributed by atoms with Crippen molar-refractivity contribution in [3.8, 4) is 0 Å². The average molecular weight is 1220 g/mol. The van der Waals surface area contributed by atoms with E-state index >= 15 is 0 Å². The highest BCUT2D eigenvalue weighted by Crippen LogP contribution is 1.90. The van der Waals surface area contributed by atoms with Crippen molar-refractivity contribution in [2.45, 2.75) is 130 Å². The zero-order valence-corrected chi connectivity index (χ0v) is 47.4. The molecule has 0 rings (SSSR count). The van der Waals surface area contributed by atoms with Gasteiger partial charge in [0.25, 0.3) is 0 Å². The quantitative estimate of drug-likeness (QED) is 0.0719. The van der Waals surface area contributed by atoms with Crippen molar-refractivity contribution >= 4 is 83.7 Å². The SMILES string of the molecule is C.C.C.C.C.C.C.C.C.C.C.CCC.CNC.CNC(=O)CSC.CNC(=O)NC.CNC(=O)OC.CNC(=O)OC.CNC(=O)OCSC.CNC(C)=O.CNC(C)=O.COC.COC(=O)OC.COC(C)=O.COC(C)=O. The van der Waals surface area contributed by atoms with Crippen molar-refractivity contribution in [1.82, 2.24) is 47.9 Å². The maximum atomic E-state index is 10.3. The van der Waals surface area contributed by atoms with Gasteiger partial charge in [0.05, 0.1) is 48.4 Å². The molecule has 502 valence electrons. The van der Waals surface area contributed by atoms with Crippen molar-refractivity contribution in [2.75, 3.05) is 152 Å². The molecule has 0 spiro atoms. The molecule has 0 aliphatic rings. The molecule has 0 fully saturated rings. The van der Waals surface area contributed by atoms with Crippen molar-refractivity contribution in [3.05, 3.63) is 0 Å². The molecule has 0 saturated carbocycles. The number of urea groups is 1. The number of rotatable bonds is 4. The summed E-state index contributed by atoms with van der Waals surface area (Å²) in [5, 5.41) is 21.6. The van der Waals surface area contributed by atoms with Gasteiger partial charge in [0.2, 0.25) is 17.7 Å². The maximum absolute atomic E-state index is 10.3. The number of ether oxygens (including phenoxy) is 8. The van der Waals surface area contributed by atoms with Crippen molar-refractivity contribution in [2.24, 2.45) is 0 Å². The van der Waals surface area contributed by atoms with Gasteiger partial charge < -0.3 is 85.7 Å². The van der Waals surface area contributed by atoms with Gasteiger partial charge in [0.15, 0.2) is 0 Å². The van der Waals surface area contributed by atoms with Crippen LogP contribution in [-0.4, -0.2) is 212 Å². The van der Waals surface area contributed by atoms with E-state index in [2.05, 4.69) is 99.6 Å². The number of carbonyl (C=O) groups excluding carboxylic acids is 10. The van der Waals surface area contributed by atoms with Crippen molar-refractivity contribution < 1.29 is 85.8 Å². The van der Waals surface area contributed by atoms with Crippen LogP contribution in [0.25, 0.3) is 0 Å². The summed E-state index contributed by atoms with van der Waals surface area (Å²) >= 11 is 2.98. The van der Waals surface area contributed by atoms with Crippen LogP contribution in [0.1, 0.15) is 130 Å². The summed E-state index contributed by atoms with van der Waals surface area (Å²) in [4.78, 5) is 98.5. The Morgan fingerprint density at radius 1 is 0.367 bits per heavy atom. The molecular formula is C50H137N9O18S2. The van der Waals surface area contributed by atoms with E-state index in [1.165, 1.54) is 121 Å². The fraction of sp³-hybridized carbons (Fsp3) is 0.800. The third kappa shape index (κ3) is 416. The number of amides is 8. The van der Waals surface area contributed by atoms with Crippen LogP contribution in [-0.2, 0) is 61.9 Å². The molecule has 0 aromatic rings. The van der Waals surface area contributed by atoms with E-state index in [0.29, 0.717) is 11.7 Å². The lowest BCUT2D eigenvalue weighted by Gasteiger charge is -1.98. The van der Waals surface area contributed by atoms with Crippen LogP contribution in [0.5, 0.6) is 0 Å². The molecule has 0 aliphatic carbocycles. The first-order chi connectivity index (χ1) is 31.7. The average Bonchev–Trinajstić information content (AvgIpc) is 3.34. The van der Waals surface area contributed by atoms with Crippen LogP contribution in [0.15, 0.2) is 0 Å². The van der Waals surface area contributed by atoms with Gasteiger partial charge in [-0.3, -0.25) is 24.0 Å². The van der Waals surface area contributed by atoms with Gasteiger partial charge in [-0.1, -0.05) is 102 Å². The Kier molecular flexibility index (Phi) is 342. The molecule has 0 aliphatic heterocycles. The molecule has 0 saturated heterocycles. The van der Waals surface area contributed by atoms with Crippen LogP contribution >= 0.6 is 23.5 Å². The minimum Gasteiger partial charge on any atom is -0.469 e. The number of esters is 2. The van der Waals surface area contributed by atoms with Gasteiger partial charge in [-0.2, -0.15) is 11.8 Å². The molecule has 0 bridgehead atoms. The zero-order valence-electron chi connectivity index (χ0n) is 45.8. The highest BCUT2D eigenvalue weighted by molar-refractivity contribution is 7.99. The fourth-order valence-corrected chi connectivity index (χ4v) is 1.43. The first-order valence-corrected chi connectivity index (χ1v) is 22.0. The van der Waals surface area contributed by atoms with E-state index in [1.807, 2.05) is 26.6 Å². The predicted molar refractivity (Wildman–Crippen MR) is 345 cm³/mol. The van der Waals surface area contributed by atoms with Crippen LogP contribution in [0.4, 0.5) is 24.0 Å². The number of hydrogen-bond acceptors (Lipinski definition) is 21. The molecule has 0 unspecified atom stereocenters. The topological polar surface area (TPSA) is 353 Å². The van der Waals surface area contributed by atoms with Crippen molar-refractivity contribution in [1.29, 1.82) is 0 Å². The molecule has 0 heterocycles. The van der Waals surface area contributed by atoms with Gasteiger partial charge in [0.1, 0.15) is 5.94 Å². The molecule has 79 heavy (non-hydrogen) atoms. The largest absolute Gasteiger partial charge is 0.507 e. The minimum absolute atomic E-state index is 0. The number of nitrogens with one attached hydrogen (secondary N) is 9. The number of methoxy groups -OCH3 is 7. The van der Waals surface area contributed by atoms with Crippen LogP contribution in [0.2, 0.25) is 0 Å². The normalized spacial score (nSPS) is 6.10. The predicted octanol–water partition coefficient (Wildman–Crippen LogP) is 9.02. The third-order valence-electron chi connectivity index (χ3n) is 3.91. The van der Waals surface area contributed by atoms with Gasteiger partial charge in [-0.15, -0.1) is 11.8 Å². The first kappa shape index (κ1) is 158. The zero-order chi connectivity index (χ0) is 57.3. The molecule has 8 amide bonds. The Balaban J connectivity index is -0.0000000188. The lowest BCUT2D eigenvalue weighted by atomic mass is 10.6. The monoisotopic (exact) mass is 1220 g/mol. The van der Waals surface area contributed by atoms with Gasteiger partial charge in [0, 0.05) is 98.3 Å². The highest BCUT2D eigenvalue weighted by atomic mass is 32.2. The molecule has 29 heteroatoms. The lowest BCUT2D eigenvalue weighted by molar-refractivity contribution is -0.138. The third-order valence-corrected chi connectivity index (χ3v) is 4.82. The summed E-state index contributed by atoms with van der Waals surface area (Å²) in [6, 6.07) is -0.157. The molecule has 9 N–H and O–H groups in total. The van der Waals surface area contributed by atoms with Gasteiger partial charge in [-0.05, 0) is 26.6 Å². The maximum Gasteiger partial charge on any atom is 0.507 e. The molecule has 27 nitrogen and oxygen atoms in total. The van der Waals surface area contributed by atoms with Crippen molar-refractivity contribution in [3.63, 3.8) is 0 Å². The van der Waals surface area contributed by atoms with Crippen LogP contribution in [0, 0.1) is 0 Å². The second-order valence-electron chi connectivity index (χ2n) is 9.78. The minimum atomic E-state index is -0.657. The van der Waals surface area contributed by atoms with E-state index in [-0.39, 0.29) is 123 Å². The molecule has 0 aromatic heterocycles. The summed E-state index contributed by atoms with van der Waals surface area (Å²) in [5.74, 6) is 0.591. The van der Waals surface area contributed by atoms with E-state index in [9.17, 15) is 47.9 Å². The summed E-state index contributed by atoms with van der Waals surface area (Å²) in [7, 11) is 27.4. The van der Waals surface area contributed by atoms with Gasteiger partial charge >= 0.3 is 42.4 Å². The number of hydrogen-bond donors (Lipinski definition) is 9. The smallest absolute Gasteiger partial charge is 0.469 e. The second-order valence-corrected chi connectivity index (χ2v) is 11.5. The highest BCUT2D eigenvalue weighted by Gasteiger charge is 1.92. The molecular weight excluding hydrogens is 1080 g/mol. The number of alkyl carbamates (subject to hydrolysis) is 3. The summed E-state index contributed by atoms with van der Waals surface area (Å²) in [6.07, 6.45) is 3.16. The Morgan fingerprint density at radius 3 is 0.633 bits per heavy atom. The molecule has 0 aromatic carbocycles. The summed E-state index contributed by atoms with van der Waals surface area (Å²) < 4.78 is 33.4. The van der Waals surface area contributed by atoms with E-state index in [4.69, 9.17) is 0 Å². The number of carbonyl (C=O) groups is 10. The fourth-order valence-electron chi connectivity index (χ4n) is 0.800. The number of thioether (sulfide) groups is 2. The Hall–Kier alpha value is -5.68. The molecule has 0 atom stereocenters. The summed E-state index contributed by atoms with van der Waals surface area (Å²) in [6.45, 7) is 9.92. The van der Waals surface area contributed by atoms with Gasteiger partial charge in [-0.25, -0.2) is 24.0 Å². The first-order valence-electron chi connectivity index (χ1n) is 19.2. The van der Waals surface area contributed by atoms with E-state index in [0.717, 1.165) is 0 Å². The summed E-state index contributed by atoms with van der Waals surface area (Å²) in [5.41, 5.74) is 0. The second kappa shape index (κ2) is 171. The van der Waals surface area contributed by atoms with E-state index < -0.39 is 18.3 Å². The Bertz CT molecular complexity index is 964. The molecule has 0 radical (unpaired) electrons. The Labute approximate surface area is 496 Å². The van der Waals surface area contributed by atoms with Crippen LogP contribution < -0.4 is 47.9 Å². The van der Waals surface area contributed by atoms with E-state index in [1.54, 1.807) is 49.5 Å². The van der Waals surface area contributed by atoms with Crippen LogP contribution in [0.3, 0.4) is 0 Å². The standard InChI is InChI=1S/C4H9NO2S.C4H9NOS.C3H8N2O.2C3H7NO2.2C3H7NO.C3H6O3.2C3H6O2.C3H8.C2H7N.C2H6O.11CH4/c1-5-4(6)7-3-8-2;1-5-4(6)3-7-2;1-4-3(6)5-2;2*1-4-3(5)6-2;2*1-3(5)4-2;1-5-3(4)6-2;2*1-3(4)5-2;3*1-3-2;;;;;;;;;;;/h3H2,1-2H3,(H,5,6);3H2,1-2H3,(H,5,6);1-2H3,(H2,4,5,6);2*1-2H3,(H,4,5);2*1-2H3,(H,4,5);1-2H3;2*1-2H3;3H2,1-2H3;3H,1-2H3;1-2H3;11*1H4.